The summed E-state index contributed by atoms with van der Waals surface area (Å²) in [6, 6.07) is 11.1. The highest BCUT2D eigenvalue weighted by molar-refractivity contribution is 6.35. The van der Waals surface area contributed by atoms with Crippen LogP contribution in [-0.4, -0.2) is 19.9 Å². The van der Waals surface area contributed by atoms with Crippen molar-refractivity contribution in [3.8, 4) is 0 Å². The first kappa shape index (κ1) is 18.1. The fraction of sp³-hybridized carbons (Fsp3) is 0.111. The largest absolute Gasteiger partial charge is 0.326 e. The Morgan fingerprint density at radius 3 is 2.23 bits per heavy atom. The summed E-state index contributed by atoms with van der Waals surface area (Å²) in [5.74, 6) is 0. The van der Waals surface area contributed by atoms with Crippen LogP contribution in [0.15, 0.2) is 46.0 Å². The molecule has 0 unspecified atom stereocenters. The molecule has 0 spiro atoms. The van der Waals surface area contributed by atoms with Gasteiger partial charge in [0.2, 0.25) is 5.28 Å². The number of aryl methyl sites for hydroxylation is 2. The quantitative estimate of drug-likeness (QED) is 0.354. The van der Waals surface area contributed by atoms with E-state index in [1.54, 1.807) is 12.1 Å². The average molecular weight is 389 g/mol. The molecule has 26 heavy (non-hydrogen) atoms. The molecule has 2 heterocycles. The van der Waals surface area contributed by atoms with Crippen molar-refractivity contribution < 1.29 is 0 Å². The summed E-state index contributed by atoms with van der Waals surface area (Å²) in [4.78, 5) is 34.8. The van der Waals surface area contributed by atoms with Crippen molar-refractivity contribution in [1.82, 2.24) is 19.9 Å². The van der Waals surface area contributed by atoms with Gasteiger partial charge in [-0.3, -0.25) is 9.78 Å². The Kier molecular flexibility index (Phi) is 5.06. The molecule has 0 aliphatic heterocycles. The summed E-state index contributed by atoms with van der Waals surface area (Å²) in [6.45, 7) is 3.89. The fourth-order valence-electron chi connectivity index (χ4n) is 2.46. The number of nitrogens with one attached hydrogen (secondary N) is 2. The van der Waals surface area contributed by atoms with Gasteiger partial charge in [-0.15, -0.1) is 0 Å². The Morgan fingerprint density at radius 2 is 1.50 bits per heavy atom. The van der Waals surface area contributed by atoms with Crippen LogP contribution >= 0.6 is 23.2 Å². The van der Waals surface area contributed by atoms with E-state index in [1.807, 2.05) is 38.1 Å². The SMILES string of the molecule is Cc1ccc2c(=O)[nH]c(=O)[nH]c2c1.Cc1ccc2c(Cl)nc(Cl)nc2c1. The number of nitrogens with zero attached hydrogens (tertiary/aromatic N) is 2. The number of aromatic amines is 2. The van der Waals surface area contributed by atoms with E-state index in [1.165, 1.54) is 0 Å². The second-order valence-electron chi connectivity index (χ2n) is 5.76. The normalized spacial score (nSPS) is 10.6. The number of hydrogen-bond donors (Lipinski definition) is 2. The van der Waals surface area contributed by atoms with Crippen LogP contribution in [0, 0.1) is 13.8 Å². The van der Waals surface area contributed by atoms with Gasteiger partial charge in [0.05, 0.1) is 16.4 Å². The lowest BCUT2D eigenvalue weighted by Gasteiger charge is -2.00. The predicted octanol–water partition coefficient (Wildman–Crippen LogP) is 3.77. The van der Waals surface area contributed by atoms with Gasteiger partial charge < -0.3 is 4.98 Å². The first-order chi connectivity index (χ1) is 12.3. The minimum Gasteiger partial charge on any atom is -0.307 e. The molecule has 2 aromatic heterocycles. The van der Waals surface area contributed by atoms with E-state index >= 15 is 0 Å². The molecule has 4 rings (SSSR count). The topological polar surface area (TPSA) is 91.5 Å². The molecule has 0 aliphatic carbocycles. The molecule has 8 heteroatoms. The zero-order valence-electron chi connectivity index (χ0n) is 13.9. The second-order valence-corrected chi connectivity index (χ2v) is 6.46. The molecular weight excluding hydrogens is 375 g/mol. The molecule has 0 atom stereocenters. The van der Waals surface area contributed by atoms with E-state index in [-0.39, 0.29) is 10.8 Å². The molecule has 0 saturated heterocycles. The third-order valence-corrected chi connectivity index (χ3v) is 4.13. The Labute approximate surface area is 157 Å². The van der Waals surface area contributed by atoms with Gasteiger partial charge in [0.1, 0.15) is 5.15 Å². The third kappa shape index (κ3) is 3.92. The summed E-state index contributed by atoms with van der Waals surface area (Å²) < 4.78 is 0. The summed E-state index contributed by atoms with van der Waals surface area (Å²) in [7, 11) is 0. The number of rotatable bonds is 0. The van der Waals surface area contributed by atoms with Crippen LogP contribution in [0.5, 0.6) is 0 Å². The van der Waals surface area contributed by atoms with Crippen molar-refractivity contribution in [1.29, 1.82) is 0 Å². The Bertz CT molecular complexity index is 1230. The minimum absolute atomic E-state index is 0.183. The van der Waals surface area contributed by atoms with Crippen LogP contribution in [-0.2, 0) is 0 Å². The zero-order chi connectivity index (χ0) is 18.8. The number of fused-ring (bicyclic) bond motifs is 2. The molecule has 0 amide bonds. The first-order valence-electron chi connectivity index (χ1n) is 7.66. The van der Waals surface area contributed by atoms with Crippen molar-refractivity contribution in [2.75, 3.05) is 0 Å². The fourth-order valence-corrected chi connectivity index (χ4v) is 2.92. The van der Waals surface area contributed by atoms with E-state index in [4.69, 9.17) is 23.2 Å². The van der Waals surface area contributed by atoms with Crippen molar-refractivity contribution in [2.24, 2.45) is 0 Å². The maximum atomic E-state index is 11.2. The number of benzene rings is 2. The second kappa shape index (κ2) is 7.27. The van der Waals surface area contributed by atoms with Gasteiger partial charge in [0.25, 0.3) is 5.56 Å². The lowest BCUT2D eigenvalue weighted by Crippen LogP contribution is -2.21. The van der Waals surface area contributed by atoms with E-state index in [9.17, 15) is 9.59 Å². The molecule has 0 radical (unpaired) electrons. The summed E-state index contributed by atoms with van der Waals surface area (Å²) >= 11 is 11.5. The van der Waals surface area contributed by atoms with Crippen LogP contribution in [0.1, 0.15) is 11.1 Å². The van der Waals surface area contributed by atoms with Crippen molar-refractivity contribution in [3.05, 3.63) is 78.8 Å². The van der Waals surface area contributed by atoms with Crippen LogP contribution in [0.3, 0.4) is 0 Å². The Hall–Kier alpha value is -2.70. The van der Waals surface area contributed by atoms with Gasteiger partial charge >= 0.3 is 5.69 Å². The van der Waals surface area contributed by atoms with Crippen LogP contribution in [0.2, 0.25) is 10.4 Å². The summed E-state index contributed by atoms with van der Waals surface area (Å²) in [5.41, 5.74) is 2.67. The molecule has 0 aliphatic rings. The maximum Gasteiger partial charge on any atom is 0.326 e. The van der Waals surface area contributed by atoms with Crippen LogP contribution in [0.25, 0.3) is 21.8 Å². The van der Waals surface area contributed by atoms with Crippen molar-refractivity contribution in [3.63, 3.8) is 0 Å². The summed E-state index contributed by atoms with van der Waals surface area (Å²) in [6.07, 6.45) is 0. The van der Waals surface area contributed by atoms with Crippen LogP contribution < -0.4 is 11.2 Å². The number of halogens is 2. The minimum atomic E-state index is -0.469. The lowest BCUT2D eigenvalue weighted by molar-refractivity contribution is 1.08. The molecule has 2 aromatic carbocycles. The molecule has 6 nitrogen and oxygen atoms in total. The molecular formula is C18H14Cl2N4O2. The predicted molar refractivity (Wildman–Crippen MR) is 104 cm³/mol. The molecule has 0 saturated carbocycles. The highest BCUT2D eigenvalue weighted by Gasteiger charge is 2.03. The highest BCUT2D eigenvalue weighted by Crippen LogP contribution is 2.22. The number of aromatic nitrogens is 4. The van der Waals surface area contributed by atoms with Gasteiger partial charge in [-0.1, -0.05) is 23.7 Å². The Morgan fingerprint density at radius 1 is 0.846 bits per heavy atom. The summed E-state index contributed by atoms with van der Waals surface area (Å²) in [5, 5.41) is 1.92. The average Bonchev–Trinajstić information content (AvgIpc) is 2.54. The van der Waals surface area contributed by atoms with Gasteiger partial charge in [-0.25, -0.2) is 14.8 Å². The number of hydrogen-bond acceptors (Lipinski definition) is 4. The zero-order valence-corrected chi connectivity index (χ0v) is 15.4. The molecule has 2 N–H and O–H groups in total. The highest BCUT2D eigenvalue weighted by atomic mass is 35.5. The maximum absolute atomic E-state index is 11.2. The molecule has 4 aromatic rings. The van der Waals surface area contributed by atoms with Crippen molar-refractivity contribution in [2.45, 2.75) is 13.8 Å². The lowest BCUT2D eigenvalue weighted by atomic mass is 10.2. The van der Waals surface area contributed by atoms with Crippen LogP contribution in [0.4, 0.5) is 0 Å². The van der Waals surface area contributed by atoms with Gasteiger partial charge in [0, 0.05) is 5.39 Å². The molecule has 0 fully saturated rings. The monoisotopic (exact) mass is 388 g/mol. The van der Waals surface area contributed by atoms with Gasteiger partial charge in [-0.2, -0.15) is 0 Å². The van der Waals surface area contributed by atoms with Gasteiger partial charge in [0.15, 0.2) is 0 Å². The number of H-pyrrole nitrogens is 2. The first-order valence-corrected chi connectivity index (χ1v) is 8.41. The molecule has 132 valence electrons. The van der Waals surface area contributed by atoms with Gasteiger partial charge in [-0.05, 0) is 60.8 Å². The van der Waals surface area contributed by atoms with E-state index in [0.29, 0.717) is 16.1 Å². The Balaban J connectivity index is 0.000000151. The van der Waals surface area contributed by atoms with E-state index < -0.39 is 5.69 Å². The molecule has 0 bridgehead atoms. The van der Waals surface area contributed by atoms with E-state index in [2.05, 4.69) is 19.9 Å². The smallest absolute Gasteiger partial charge is 0.307 e. The standard InChI is InChI=1S/C9H6Cl2N2.C9H8N2O2/c1-5-2-3-6-7(4-5)12-9(11)13-8(6)10;1-5-2-3-6-7(4-5)10-9(13)11-8(6)12/h2-4H,1H3;2-4H,1H3,(H2,10,11,12,13). The van der Waals surface area contributed by atoms with Crippen molar-refractivity contribution >= 4 is 45.0 Å². The third-order valence-electron chi connectivity index (χ3n) is 3.67. The van der Waals surface area contributed by atoms with E-state index in [0.717, 1.165) is 22.0 Å².